The van der Waals surface area contributed by atoms with Gasteiger partial charge < -0.3 is 15.9 Å². The number of carbonyl (C=O) groups is 1. The molecule has 0 bridgehead atoms. The van der Waals surface area contributed by atoms with E-state index in [4.69, 9.17) is 10.6 Å². The minimum absolute atomic E-state index is 0.0742. The Morgan fingerprint density at radius 2 is 1.89 bits per heavy atom. The van der Waals surface area contributed by atoms with Crippen LogP contribution >= 0.6 is 11.8 Å². The lowest BCUT2D eigenvalue weighted by atomic mass is 9.96. The highest BCUT2D eigenvalue weighted by Crippen LogP contribution is 2.25. The molecule has 1 unspecified atom stereocenters. The molecule has 8 heteroatoms. The number of nitrogens with two attached hydrogens (primary N) is 1. The van der Waals surface area contributed by atoms with Gasteiger partial charge in [-0.15, -0.1) is 10.2 Å². The molecule has 1 aromatic heterocycles. The zero-order valence-corrected chi connectivity index (χ0v) is 17.6. The maximum absolute atomic E-state index is 12.5. The number of thioether (sulfide) groups is 1. The topological polar surface area (TPSA) is 95.1 Å². The van der Waals surface area contributed by atoms with Crippen LogP contribution in [0.1, 0.15) is 52.0 Å². The van der Waals surface area contributed by atoms with Crippen LogP contribution in [0.15, 0.2) is 29.4 Å². The number of rotatable bonds is 7. The Morgan fingerprint density at radius 3 is 2.37 bits per heavy atom. The maximum Gasteiger partial charge on any atom is 0.230 e. The molecule has 2 rings (SSSR count). The van der Waals surface area contributed by atoms with Crippen LogP contribution < -0.4 is 15.9 Å². The number of carbonyl (C=O) groups excluding carboxylic acids is 1. The second-order valence-electron chi connectivity index (χ2n) is 7.78. The molecule has 0 spiro atoms. The van der Waals surface area contributed by atoms with Gasteiger partial charge in [-0.2, -0.15) is 0 Å². The van der Waals surface area contributed by atoms with E-state index < -0.39 is 0 Å². The minimum atomic E-state index is -0.208. The van der Waals surface area contributed by atoms with E-state index in [1.54, 1.807) is 7.11 Å². The van der Waals surface area contributed by atoms with Gasteiger partial charge in [0.05, 0.1) is 18.9 Å². The van der Waals surface area contributed by atoms with E-state index >= 15 is 0 Å². The number of aromatic nitrogens is 3. The normalized spacial score (nSPS) is 12.9. The summed E-state index contributed by atoms with van der Waals surface area (Å²) in [5, 5.41) is 11.9. The van der Waals surface area contributed by atoms with Crippen molar-refractivity contribution >= 4 is 17.7 Å². The Labute approximate surface area is 165 Å². The molecule has 0 aliphatic heterocycles. The monoisotopic (exact) mass is 391 g/mol. The number of nitrogens with zero attached hydrogens (tertiary/aromatic N) is 3. The lowest BCUT2D eigenvalue weighted by Gasteiger charge is -2.23. The summed E-state index contributed by atoms with van der Waals surface area (Å²) in [6.45, 7) is 10.2. The summed E-state index contributed by atoms with van der Waals surface area (Å²) >= 11 is 1.28. The Balaban J connectivity index is 2.01. The molecule has 148 valence electrons. The molecular formula is C19H29N5O2S. The average molecular weight is 392 g/mol. The third-order valence-corrected chi connectivity index (χ3v) is 5.07. The fourth-order valence-corrected chi connectivity index (χ4v) is 3.35. The fraction of sp³-hybridized carbons (Fsp3) is 0.526. The predicted molar refractivity (Wildman–Crippen MR) is 108 cm³/mol. The molecular weight excluding hydrogens is 362 g/mol. The molecule has 3 N–H and O–H groups in total. The highest BCUT2D eigenvalue weighted by Gasteiger charge is 2.24. The molecule has 1 aromatic carbocycles. The van der Waals surface area contributed by atoms with Gasteiger partial charge in [-0.1, -0.05) is 58.5 Å². The van der Waals surface area contributed by atoms with Crippen molar-refractivity contribution in [3.05, 3.63) is 35.7 Å². The lowest BCUT2D eigenvalue weighted by Crippen LogP contribution is -2.33. The number of amides is 1. The maximum atomic E-state index is 12.5. The molecule has 0 aliphatic rings. The molecule has 1 atom stereocenters. The van der Waals surface area contributed by atoms with E-state index in [0.717, 1.165) is 11.3 Å². The minimum Gasteiger partial charge on any atom is -0.497 e. The largest absolute Gasteiger partial charge is 0.497 e. The average Bonchev–Trinajstić information content (AvgIpc) is 2.98. The van der Waals surface area contributed by atoms with Gasteiger partial charge in [0, 0.05) is 5.41 Å². The van der Waals surface area contributed by atoms with Gasteiger partial charge in [0.15, 0.2) is 5.82 Å². The summed E-state index contributed by atoms with van der Waals surface area (Å²) in [6.07, 6.45) is 0. The summed E-state index contributed by atoms with van der Waals surface area (Å²) in [5.74, 6) is 7.94. The van der Waals surface area contributed by atoms with Crippen molar-refractivity contribution in [1.29, 1.82) is 0 Å². The second kappa shape index (κ2) is 8.65. The van der Waals surface area contributed by atoms with Gasteiger partial charge >= 0.3 is 0 Å². The number of ether oxygens (including phenoxy) is 1. The SMILES string of the molecule is COc1ccc(C(NC(=O)CSc2nnc(C(C)(C)C)n2N)C(C)C)cc1. The molecule has 1 amide bonds. The van der Waals surface area contributed by atoms with Crippen molar-refractivity contribution in [2.75, 3.05) is 18.7 Å². The van der Waals surface area contributed by atoms with Crippen molar-refractivity contribution < 1.29 is 9.53 Å². The van der Waals surface area contributed by atoms with Crippen molar-refractivity contribution in [1.82, 2.24) is 20.2 Å². The number of hydrogen-bond acceptors (Lipinski definition) is 6. The van der Waals surface area contributed by atoms with Crippen molar-refractivity contribution in [2.45, 2.75) is 51.2 Å². The van der Waals surface area contributed by atoms with Crippen LogP contribution in [0.2, 0.25) is 0 Å². The van der Waals surface area contributed by atoms with Gasteiger partial charge in [0.2, 0.25) is 11.1 Å². The van der Waals surface area contributed by atoms with Crippen LogP contribution in [0.3, 0.4) is 0 Å². The second-order valence-corrected chi connectivity index (χ2v) is 8.72. The smallest absolute Gasteiger partial charge is 0.230 e. The summed E-state index contributed by atoms with van der Waals surface area (Å²) in [6, 6.07) is 7.67. The fourth-order valence-electron chi connectivity index (χ4n) is 2.68. The first-order valence-corrected chi connectivity index (χ1v) is 9.89. The summed E-state index contributed by atoms with van der Waals surface area (Å²) < 4.78 is 6.66. The van der Waals surface area contributed by atoms with Crippen LogP contribution in [0, 0.1) is 5.92 Å². The standard InChI is InChI=1S/C19H29N5O2S/c1-12(2)16(13-7-9-14(26-6)10-8-13)21-15(25)11-27-18-23-22-17(24(18)20)19(3,4)5/h7-10,12,16H,11,20H2,1-6H3,(H,21,25). The Hall–Kier alpha value is -2.22. The Kier molecular flexibility index (Phi) is 6.75. The molecule has 0 fully saturated rings. The van der Waals surface area contributed by atoms with E-state index in [0.29, 0.717) is 11.0 Å². The highest BCUT2D eigenvalue weighted by atomic mass is 32.2. The lowest BCUT2D eigenvalue weighted by molar-refractivity contribution is -0.119. The molecule has 0 saturated heterocycles. The van der Waals surface area contributed by atoms with Crippen LogP contribution in [-0.2, 0) is 10.2 Å². The summed E-state index contributed by atoms with van der Waals surface area (Å²) in [7, 11) is 1.63. The Bertz CT molecular complexity index is 765. The van der Waals surface area contributed by atoms with Gasteiger partial charge in [-0.25, -0.2) is 4.68 Å². The summed E-state index contributed by atoms with van der Waals surface area (Å²) in [4.78, 5) is 12.5. The first kappa shape index (κ1) is 21.1. The van der Waals surface area contributed by atoms with Crippen LogP contribution in [0.4, 0.5) is 0 Å². The molecule has 7 nitrogen and oxygen atoms in total. The summed E-state index contributed by atoms with van der Waals surface area (Å²) in [5.41, 5.74) is 0.834. The van der Waals surface area contributed by atoms with Gasteiger partial charge in [-0.05, 0) is 23.6 Å². The zero-order chi connectivity index (χ0) is 20.2. The predicted octanol–water partition coefficient (Wildman–Crippen LogP) is 2.90. The van der Waals surface area contributed by atoms with E-state index in [-0.39, 0.29) is 29.0 Å². The van der Waals surface area contributed by atoms with Gasteiger partial charge in [-0.3, -0.25) is 4.79 Å². The third kappa shape index (κ3) is 5.38. The Morgan fingerprint density at radius 1 is 1.26 bits per heavy atom. The molecule has 0 radical (unpaired) electrons. The quantitative estimate of drug-likeness (QED) is 0.557. The number of methoxy groups -OCH3 is 1. The first-order valence-electron chi connectivity index (χ1n) is 8.90. The number of nitrogens with one attached hydrogen (secondary N) is 1. The molecule has 0 saturated carbocycles. The van der Waals surface area contributed by atoms with E-state index in [9.17, 15) is 4.79 Å². The highest BCUT2D eigenvalue weighted by molar-refractivity contribution is 7.99. The van der Waals surface area contributed by atoms with Gasteiger partial charge in [0.25, 0.3) is 0 Å². The van der Waals surface area contributed by atoms with Crippen LogP contribution in [0.25, 0.3) is 0 Å². The van der Waals surface area contributed by atoms with Crippen LogP contribution in [-0.4, -0.2) is 33.6 Å². The van der Waals surface area contributed by atoms with E-state index in [2.05, 4.69) is 29.4 Å². The molecule has 1 heterocycles. The number of benzene rings is 1. The third-order valence-electron chi connectivity index (χ3n) is 4.13. The van der Waals surface area contributed by atoms with Crippen molar-refractivity contribution in [3.63, 3.8) is 0 Å². The number of nitrogen functional groups attached to an aromatic ring is 1. The molecule has 27 heavy (non-hydrogen) atoms. The van der Waals surface area contributed by atoms with E-state index in [1.165, 1.54) is 16.4 Å². The number of hydrogen-bond donors (Lipinski definition) is 2. The van der Waals surface area contributed by atoms with Gasteiger partial charge in [0.1, 0.15) is 5.75 Å². The molecule has 2 aromatic rings. The zero-order valence-electron chi connectivity index (χ0n) is 16.8. The van der Waals surface area contributed by atoms with E-state index in [1.807, 2.05) is 45.0 Å². The first-order chi connectivity index (χ1) is 12.6. The van der Waals surface area contributed by atoms with Crippen molar-refractivity contribution in [2.24, 2.45) is 5.92 Å². The van der Waals surface area contributed by atoms with Crippen molar-refractivity contribution in [3.8, 4) is 5.75 Å². The molecule has 0 aliphatic carbocycles. The van der Waals surface area contributed by atoms with Crippen LogP contribution in [0.5, 0.6) is 5.75 Å².